The van der Waals surface area contributed by atoms with E-state index in [0.29, 0.717) is 48.0 Å². The molecular weight excluding hydrogens is 440 g/mol. The van der Waals surface area contributed by atoms with Gasteiger partial charge in [0.1, 0.15) is 5.60 Å². The summed E-state index contributed by atoms with van der Waals surface area (Å²) in [6.45, 7) is 9.70. The maximum absolute atomic E-state index is 12.7. The van der Waals surface area contributed by atoms with E-state index >= 15 is 0 Å². The molecule has 35 heavy (non-hydrogen) atoms. The second-order valence-electron chi connectivity index (χ2n) is 13.9. The number of hydrogen-bond acceptors (Lipinski definition) is 5. The fourth-order valence-electron chi connectivity index (χ4n) is 10.00. The number of aliphatic hydroxyl groups is 1. The van der Waals surface area contributed by atoms with Gasteiger partial charge in [-0.15, -0.1) is 0 Å². The Labute approximate surface area is 212 Å². The second-order valence-corrected chi connectivity index (χ2v) is 13.9. The summed E-state index contributed by atoms with van der Waals surface area (Å²) >= 11 is 0. The maximum Gasteiger partial charge on any atom is 0.309 e. The van der Waals surface area contributed by atoms with Gasteiger partial charge in [-0.2, -0.15) is 0 Å². The molecule has 1 heterocycles. The summed E-state index contributed by atoms with van der Waals surface area (Å²) in [5.41, 5.74) is 0.113. The molecule has 0 spiro atoms. The van der Waals surface area contributed by atoms with Crippen molar-refractivity contribution < 1.29 is 24.2 Å². The molecule has 0 aromatic rings. The maximum atomic E-state index is 12.7. The lowest BCUT2D eigenvalue weighted by Gasteiger charge is -2.61. The third-order valence-corrected chi connectivity index (χ3v) is 12.0. The first-order chi connectivity index (χ1) is 16.5. The average Bonchev–Trinajstić information content (AvgIpc) is 3.15. The number of cyclic esters (lactones) is 1. The standard InChI is InChI=1S/C30H48O5/c1-19(5-10-26(32)35-28(2)15-16-34-27(33)18-28)23-8-9-24-22-7-6-20-17-21(31)11-13-29(20,3)25(22)12-14-30(23,24)4/h19-25,31H,5-18H2,1-4H3/t19-,20-,21-,22+,23-,24+,25+,28-,29+,30-/m1/s1. The third-order valence-electron chi connectivity index (χ3n) is 12.0. The average molecular weight is 489 g/mol. The van der Waals surface area contributed by atoms with Crippen LogP contribution in [0.1, 0.15) is 111 Å². The Morgan fingerprint density at radius 1 is 1.03 bits per heavy atom. The van der Waals surface area contributed by atoms with Crippen LogP contribution in [0.2, 0.25) is 0 Å². The topological polar surface area (TPSA) is 72.8 Å². The Morgan fingerprint density at radius 2 is 1.77 bits per heavy atom. The van der Waals surface area contributed by atoms with Crippen LogP contribution in [0.4, 0.5) is 0 Å². The first-order valence-corrected chi connectivity index (χ1v) is 14.6. The summed E-state index contributed by atoms with van der Waals surface area (Å²) in [6, 6.07) is 0. The fourth-order valence-corrected chi connectivity index (χ4v) is 10.00. The van der Waals surface area contributed by atoms with Crippen LogP contribution in [-0.4, -0.2) is 35.4 Å². The summed E-state index contributed by atoms with van der Waals surface area (Å²) in [4.78, 5) is 24.4. The van der Waals surface area contributed by atoms with Crippen molar-refractivity contribution in [1.82, 2.24) is 0 Å². The predicted octanol–water partition coefficient (Wildman–Crippen LogP) is 6.06. The number of carbonyl (C=O) groups is 2. The minimum atomic E-state index is -0.706. The zero-order valence-electron chi connectivity index (χ0n) is 22.5. The van der Waals surface area contributed by atoms with Gasteiger partial charge < -0.3 is 14.6 Å². The van der Waals surface area contributed by atoms with E-state index in [1.807, 2.05) is 6.92 Å². The van der Waals surface area contributed by atoms with E-state index in [4.69, 9.17) is 9.47 Å². The van der Waals surface area contributed by atoms with Gasteiger partial charge in [-0.1, -0.05) is 20.8 Å². The molecule has 5 aliphatic rings. The third kappa shape index (κ3) is 4.57. The SMILES string of the molecule is C[C@H](CCC(=O)O[C@]1(C)CCOC(=O)C1)[C@H]1CC[C@H]2[C@@H]3CC[C@@H]4C[C@H](O)CC[C@]4(C)[C@H]3CC[C@]12C. The van der Waals surface area contributed by atoms with E-state index in [9.17, 15) is 14.7 Å². The lowest BCUT2D eigenvalue weighted by Crippen LogP contribution is -2.54. The van der Waals surface area contributed by atoms with Crippen LogP contribution in [-0.2, 0) is 19.1 Å². The Morgan fingerprint density at radius 3 is 2.54 bits per heavy atom. The first-order valence-electron chi connectivity index (χ1n) is 14.6. The molecule has 0 aromatic carbocycles. The number of esters is 2. The quantitative estimate of drug-likeness (QED) is 0.476. The Balaban J connectivity index is 1.19. The Hall–Kier alpha value is -1.10. The van der Waals surface area contributed by atoms with Crippen molar-refractivity contribution in [3.05, 3.63) is 0 Å². The molecule has 0 aromatic heterocycles. The number of carbonyl (C=O) groups excluding carboxylic acids is 2. The highest BCUT2D eigenvalue weighted by molar-refractivity contribution is 5.74. The van der Waals surface area contributed by atoms with Crippen LogP contribution < -0.4 is 0 Å². The van der Waals surface area contributed by atoms with Crippen LogP contribution in [0.3, 0.4) is 0 Å². The van der Waals surface area contributed by atoms with Gasteiger partial charge >= 0.3 is 11.9 Å². The summed E-state index contributed by atoms with van der Waals surface area (Å²) in [7, 11) is 0. The summed E-state index contributed by atoms with van der Waals surface area (Å²) in [5.74, 6) is 3.97. The molecule has 5 heteroatoms. The van der Waals surface area contributed by atoms with Crippen LogP contribution >= 0.6 is 0 Å². The molecule has 4 aliphatic carbocycles. The van der Waals surface area contributed by atoms with Crippen molar-refractivity contribution in [2.75, 3.05) is 6.61 Å². The fraction of sp³-hybridized carbons (Fsp3) is 0.933. The number of ether oxygens (including phenoxy) is 2. The molecule has 5 nitrogen and oxygen atoms in total. The lowest BCUT2D eigenvalue weighted by molar-refractivity contribution is -0.175. The minimum Gasteiger partial charge on any atom is -0.465 e. The van der Waals surface area contributed by atoms with Crippen LogP contribution in [0, 0.1) is 46.3 Å². The normalized spacial score (nSPS) is 48.2. The largest absolute Gasteiger partial charge is 0.465 e. The molecular formula is C30H48O5. The molecule has 5 fully saturated rings. The van der Waals surface area contributed by atoms with Gasteiger partial charge in [-0.3, -0.25) is 9.59 Å². The van der Waals surface area contributed by atoms with Crippen molar-refractivity contribution in [3.63, 3.8) is 0 Å². The second kappa shape index (κ2) is 9.33. The van der Waals surface area contributed by atoms with Crippen molar-refractivity contribution in [2.24, 2.45) is 46.3 Å². The summed E-state index contributed by atoms with van der Waals surface area (Å²) in [6.07, 6.45) is 13.2. The molecule has 1 aliphatic heterocycles. The Bertz CT molecular complexity index is 826. The highest BCUT2D eigenvalue weighted by Gasteiger charge is 2.60. The predicted molar refractivity (Wildman–Crippen MR) is 134 cm³/mol. The number of fused-ring (bicyclic) bond motifs is 5. The van der Waals surface area contributed by atoms with E-state index < -0.39 is 5.60 Å². The van der Waals surface area contributed by atoms with E-state index in [1.165, 1.54) is 44.9 Å². The molecule has 4 saturated carbocycles. The van der Waals surface area contributed by atoms with Crippen LogP contribution in [0.5, 0.6) is 0 Å². The monoisotopic (exact) mass is 488 g/mol. The zero-order chi connectivity index (χ0) is 25.0. The van der Waals surface area contributed by atoms with E-state index in [2.05, 4.69) is 20.8 Å². The summed E-state index contributed by atoms with van der Waals surface area (Å²) in [5, 5.41) is 10.3. The molecule has 198 valence electrons. The smallest absolute Gasteiger partial charge is 0.309 e. The highest BCUT2D eigenvalue weighted by Crippen LogP contribution is 2.68. The van der Waals surface area contributed by atoms with Crippen LogP contribution in [0.25, 0.3) is 0 Å². The first kappa shape index (κ1) is 25.5. The molecule has 0 bridgehead atoms. The van der Waals surface area contributed by atoms with Crippen molar-refractivity contribution in [1.29, 1.82) is 0 Å². The molecule has 0 radical (unpaired) electrons. The van der Waals surface area contributed by atoms with Crippen molar-refractivity contribution >= 4 is 11.9 Å². The number of hydrogen-bond donors (Lipinski definition) is 1. The molecule has 1 saturated heterocycles. The van der Waals surface area contributed by atoms with Gasteiger partial charge in [0.2, 0.25) is 0 Å². The van der Waals surface area contributed by atoms with Crippen molar-refractivity contribution in [2.45, 2.75) is 123 Å². The molecule has 0 amide bonds. The van der Waals surface area contributed by atoms with Crippen molar-refractivity contribution in [3.8, 4) is 0 Å². The lowest BCUT2D eigenvalue weighted by atomic mass is 9.44. The van der Waals surface area contributed by atoms with E-state index in [1.54, 1.807) is 0 Å². The number of rotatable bonds is 5. The van der Waals surface area contributed by atoms with Gasteiger partial charge in [-0.05, 0) is 117 Å². The summed E-state index contributed by atoms with van der Waals surface area (Å²) < 4.78 is 10.8. The minimum absolute atomic E-state index is 0.0728. The van der Waals surface area contributed by atoms with Gasteiger partial charge in [0, 0.05) is 12.8 Å². The molecule has 1 N–H and O–H groups in total. The van der Waals surface area contributed by atoms with Gasteiger partial charge in [-0.25, -0.2) is 0 Å². The van der Waals surface area contributed by atoms with E-state index in [0.717, 1.165) is 37.0 Å². The van der Waals surface area contributed by atoms with E-state index in [-0.39, 0.29) is 24.5 Å². The Kier molecular flexibility index (Phi) is 6.81. The molecule has 10 atom stereocenters. The molecule has 0 unspecified atom stereocenters. The number of aliphatic hydroxyl groups excluding tert-OH is 1. The van der Waals surface area contributed by atoms with Gasteiger partial charge in [0.05, 0.1) is 19.1 Å². The zero-order valence-corrected chi connectivity index (χ0v) is 22.5. The molecule has 5 rings (SSSR count). The van der Waals surface area contributed by atoms with Gasteiger partial charge in [0.25, 0.3) is 0 Å². The highest BCUT2D eigenvalue weighted by atomic mass is 16.6. The van der Waals surface area contributed by atoms with Gasteiger partial charge in [0.15, 0.2) is 0 Å². The van der Waals surface area contributed by atoms with Crippen LogP contribution in [0.15, 0.2) is 0 Å².